The predicted molar refractivity (Wildman–Crippen MR) is 86.3 cm³/mol. The van der Waals surface area contributed by atoms with E-state index in [4.69, 9.17) is 9.47 Å². The highest BCUT2D eigenvalue weighted by atomic mass is 16.6. The summed E-state index contributed by atoms with van der Waals surface area (Å²) >= 11 is 0. The van der Waals surface area contributed by atoms with Gasteiger partial charge in [-0.1, -0.05) is 12.1 Å². The second-order valence-corrected chi connectivity index (χ2v) is 7.98. The third-order valence-corrected chi connectivity index (χ3v) is 4.83. The average Bonchev–Trinajstić information content (AvgIpc) is 2.38. The van der Waals surface area contributed by atoms with E-state index in [9.17, 15) is 9.90 Å². The molecule has 0 saturated heterocycles. The zero-order valence-electron chi connectivity index (χ0n) is 14.2. The van der Waals surface area contributed by atoms with Crippen molar-refractivity contribution < 1.29 is 19.4 Å². The number of hydrogen-bond acceptors (Lipinski definition) is 4. The fourth-order valence-corrected chi connectivity index (χ4v) is 3.97. The molecule has 23 heavy (non-hydrogen) atoms. The smallest absolute Gasteiger partial charge is 0.408 e. The lowest BCUT2D eigenvalue weighted by molar-refractivity contribution is -0.215. The van der Waals surface area contributed by atoms with Crippen LogP contribution in [0.25, 0.3) is 0 Å². The molecule has 2 N–H and O–H groups in total. The minimum absolute atomic E-state index is 0.124. The van der Waals surface area contributed by atoms with E-state index in [1.807, 2.05) is 45.0 Å². The molecule has 4 rings (SSSR count). The number of aliphatic hydroxyl groups excluding tert-OH is 1. The molecule has 3 aliphatic rings. The maximum absolute atomic E-state index is 11.9. The number of aliphatic hydroxyl groups is 1. The summed E-state index contributed by atoms with van der Waals surface area (Å²) in [6.07, 6.45) is 1.47. The van der Waals surface area contributed by atoms with Crippen LogP contribution in [0.1, 0.15) is 51.7 Å². The molecule has 1 aromatic rings. The Hall–Kier alpha value is -1.75. The molecule has 0 heterocycles. The van der Waals surface area contributed by atoms with Crippen molar-refractivity contribution in [2.45, 2.75) is 57.3 Å². The van der Waals surface area contributed by atoms with Gasteiger partial charge in [0.15, 0.2) is 0 Å². The molecule has 5 nitrogen and oxygen atoms in total. The normalized spacial score (nSPS) is 29.8. The summed E-state index contributed by atoms with van der Waals surface area (Å²) in [4.78, 5) is 11.9. The van der Waals surface area contributed by atoms with E-state index in [0.29, 0.717) is 0 Å². The van der Waals surface area contributed by atoms with E-state index in [2.05, 4.69) is 5.32 Å². The quantitative estimate of drug-likeness (QED) is 0.894. The zero-order chi connectivity index (χ0) is 16.9. The Bertz CT molecular complexity index is 600. The van der Waals surface area contributed by atoms with Crippen LogP contribution in [0.5, 0.6) is 5.75 Å². The minimum Gasteiger partial charge on any atom is -0.497 e. The van der Waals surface area contributed by atoms with Crippen molar-refractivity contribution in [2.24, 2.45) is 5.41 Å². The van der Waals surface area contributed by atoms with Gasteiger partial charge in [0.2, 0.25) is 0 Å². The van der Waals surface area contributed by atoms with Crippen LogP contribution < -0.4 is 10.1 Å². The van der Waals surface area contributed by atoms with Gasteiger partial charge in [0.05, 0.1) is 13.2 Å². The maximum atomic E-state index is 11.9. The number of rotatable bonds is 4. The van der Waals surface area contributed by atoms with Gasteiger partial charge >= 0.3 is 6.09 Å². The van der Waals surface area contributed by atoms with Crippen LogP contribution in [0.4, 0.5) is 4.79 Å². The molecule has 126 valence electrons. The van der Waals surface area contributed by atoms with Crippen molar-refractivity contribution in [3.63, 3.8) is 0 Å². The molecule has 0 aliphatic heterocycles. The number of carbonyl (C=O) groups excluding carboxylic acids is 1. The number of ether oxygens (including phenoxy) is 2. The van der Waals surface area contributed by atoms with Gasteiger partial charge in [-0.15, -0.1) is 0 Å². The Labute approximate surface area is 137 Å². The van der Waals surface area contributed by atoms with Crippen LogP contribution in [0.15, 0.2) is 24.3 Å². The summed E-state index contributed by atoms with van der Waals surface area (Å²) in [5, 5.41) is 13.7. The van der Waals surface area contributed by atoms with E-state index in [1.165, 1.54) is 0 Å². The third kappa shape index (κ3) is 2.90. The second-order valence-electron chi connectivity index (χ2n) is 7.98. The standard InChI is InChI=1S/C18H25NO4/c1-16(2,3)23-15(21)19-18-9-17(10-18,11-18)14(20)12-6-5-7-13(8-12)22-4/h5-8,14,20H,9-11H2,1-4H3,(H,19,21). The summed E-state index contributed by atoms with van der Waals surface area (Å²) in [6, 6.07) is 7.54. The van der Waals surface area contributed by atoms with Crippen molar-refractivity contribution >= 4 is 6.09 Å². The van der Waals surface area contributed by atoms with Gasteiger partial charge in [-0.05, 0) is 57.7 Å². The second kappa shape index (κ2) is 5.13. The molecule has 3 saturated carbocycles. The lowest BCUT2D eigenvalue weighted by atomic mass is 9.37. The maximum Gasteiger partial charge on any atom is 0.408 e. The molecule has 0 radical (unpaired) electrons. The third-order valence-electron chi connectivity index (χ3n) is 4.83. The van der Waals surface area contributed by atoms with Crippen LogP contribution in [-0.2, 0) is 4.74 Å². The van der Waals surface area contributed by atoms with E-state index >= 15 is 0 Å². The molecule has 1 amide bonds. The summed E-state index contributed by atoms with van der Waals surface area (Å²) in [5.41, 5.74) is 0.0597. The SMILES string of the molecule is COc1cccc(C(O)C23CC(NC(=O)OC(C)(C)C)(C2)C3)c1. The molecular formula is C18H25NO4. The van der Waals surface area contributed by atoms with Crippen LogP contribution in [0.3, 0.4) is 0 Å². The van der Waals surface area contributed by atoms with E-state index in [1.54, 1.807) is 7.11 Å². The Balaban J connectivity index is 1.59. The van der Waals surface area contributed by atoms with Crippen molar-refractivity contribution in [3.05, 3.63) is 29.8 Å². The fourth-order valence-electron chi connectivity index (χ4n) is 3.97. The molecular weight excluding hydrogens is 294 g/mol. The largest absolute Gasteiger partial charge is 0.497 e. The number of benzene rings is 1. The van der Waals surface area contributed by atoms with Crippen LogP contribution >= 0.6 is 0 Å². The van der Waals surface area contributed by atoms with E-state index in [0.717, 1.165) is 30.6 Å². The molecule has 3 aliphatic carbocycles. The summed E-state index contributed by atoms with van der Waals surface area (Å²) in [7, 11) is 1.62. The Morgan fingerprint density at radius 3 is 2.52 bits per heavy atom. The van der Waals surface area contributed by atoms with Crippen molar-refractivity contribution in [1.82, 2.24) is 5.32 Å². The average molecular weight is 319 g/mol. The first-order valence-corrected chi connectivity index (χ1v) is 8.00. The summed E-state index contributed by atoms with van der Waals surface area (Å²) in [5.74, 6) is 0.745. The highest BCUT2D eigenvalue weighted by Gasteiger charge is 2.71. The molecule has 1 atom stereocenters. The Morgan fingerprint density at radius 2 is 1.96 bits per heavy atom. The number of alkyl carbamates (subject to hydrolysis) is 1. The number of nitrogens with one attached hydrogen (secondary N) is 1. The molecule has 5 heteroatoms. The predicted octanol–water partition coefficient (Wildman–Crippen LogP) is 3.18. The molecule has 0 spiro atoms. The number of methoxy groups -OCH3 is 1. The molecule has 2 bridgehead atoms. The Kier molecular flexibility index (Phi) is 3.59. The number of carbonyl (C=O) groups is 1. The lowest BCUT2D eigenvalue weighted by Gasteiger charge is -2.71. The summed E-state index contributed by atoms with van der Waals surface area (Å²) < 4.78 is 10.5. The number of hydrogen-bond donors (Lipinski definition) is 2. The first-order valence-electron chi connectivity index (χ1n) is 8.00. The lowest BCUT2D eigenvalue weighted by Crippen LogP contribution is -2.76. The molecule has 1 unspecified atom stereocenters. The molecule has 1 aromatic carbocycles. The summed E-state index contributed by atoms with van der Waals surface area (Å²) in [6.45, 7) is 5.55. The number of amides is 1. The monoisotopic (exact) mass is 319 g/mol. The van der Waals surface area contributed by atoms with Gasteiger partial charge in [-0.2, -0.15) is 0 Å². The first-order chi connectivity index (χ1) is 10.7. The highest BCUT2D eigenvalue weighted by Crippen LogP contribution is 2.72. The van der Waals surface area contributed by atoms with Crippen LogP contribution in [0, 0.1) is 5.41 Å². The molecule has 0 aromatic heterocycles. The highest BCUT2D eigenvalue weighted by molar-refractivity contribution is 5.70. The topological polar surface area (TPSA) is 67.8 Å². The van der Waals surface area contributed by atoms with Gasteiger partial charge < -0.3 is 19.9 Å². The van der Waals surface area contributed by atoms with Gasteiger partial charge in [0, 0.05) is 11.0 Å². The van der Waals surface area contributed by atoms with Crippen LogP contribution in [-0.4, -0.2) is 29.4 Å². The van der Waals surface area contributed by atoms with Crippen molar-refractivity contribution in [1.29, 1.82) is 0 Å². The van der Waals surface area contributed by atoms with Gasteiger partial charge in [0.1, 0.15) is 11.4 Å². The van der Waals surface area contributed by atoms with Gasteiger partial charge in [0.25, 0.3) is 0 Å². The van der Waals surface area contributed by atoms with Gasteiger partial charge in [-0.3, -0.25) is 0 Å². The molecule has 3 fully saturated rings. The minimum atomic E-state index is -0.528. The van der Waals surface area contributed by atoms with E-state index in [-0.39, 0.29) is 17.0 Å². The first kappa shape index (κ1) is 16.1. The van der Waals surface area contributed by atoms with Crippen molar-refractivity contribution in [2.75, 3.05) is 7.11 Å². The Morgan fingerprint density at radius 1 is 1.30 bits per heavy atom. The van der Waals surface area contributed by atoms with Crippen LogP contribution in [0.2, 0.25) is 0 Å². The zero-order valence-corrected chi connectivity index (χ0v) is 14.2. The van der Waals surface area contributed by atoms with E-state index < -0.39 is 11.7 Å². The van der Waals surface area contributed by atoms with Gasteiger partial charge in [-0.25, -0.2) is 4.79 Å². The van der Waals surface area contributed by atoms with Crippen molar-refractivity contribution in [3.8, 4) is 5.75 Å². The fraction of sp³-hybridized carbons (Fsp3) is 0.611.